The number of ketones is 1. The van der Waals surface area contributed by atoms with Crippen LogP contribution >= 0.6 is 11.6 Å². The van der Waals surface area contributed by atoms with Crippen LogP contribution in [0.2, 0.25) is 5.02 Å². The van der Waals surface area contributed by atoms with Gasteiger partial charge in [0, 0.05) is 17.9 Å². The van der Waals surface area contributed by atoms with Crippen molar-refractivity contribution in [2.75, 3.05) is 13.1 Å². The fourth-order valence-electron chi connectivity index (χ4n) is 2.48. The molecule has 0 aromatic heterocycles. The minimum absolute atomic E-state index is 0.307. The summed E-state index contributed by atoms with van der Waals surface area (Å²) in [4.78, 5) is 11.9. The Morgan fingerprint density at radius 3 is 2.72 bits per heavy atom. The number of carbonyl (C=O) groups excluding carboxylic acids is 1. The summed E-state index contributed by atoms with van der Waals surface area (Å²) in [6.45, 7) is 2.20. The number of carbonyl (C=O) groups is 1. The number of benzene rings is 1. The van der Waals surface area contributed by atoms with E-state index in [1.54, 1.807) is 0 Å². The highest BCUT2D eigenvalue weighted by atomic mass is 35.5. The van der Waals surface area contributed by atoms with Crippen molar-refractivity contribution < 1.29 is 4.79 Å². The number of nitrogens with one attached hydrogen (secondary N) is 1. The van der Waals surface area contributed by atoms with Gasteiger partial charge in [0.15, 0.2) is 0 Å². The van der Waals surface area contributed by atoms with E-state index in [-0.39, 0.29) is 0 Å². The van der Waals surface area contributed by atoms with Crippen molar-refractivity contribution in [2.45, 2.75) is 32.1 Å². The summed E-state index contributed by atoms with van der Waals surface area (Å²) in [5.41, 5.74) is 0.953. The van der Waals surface area contributed by atoms with Gasteiger partial charge in [-0.2, -0.15) is 0 Å². The van der Waals surface area contributed by atoms with Crippen LogP contribution in [-0.2, 0) is 11.2 Å². The van der Waals surface area contributed by atoms with Gasteiger partial charge in [-0.15, -0.1) is 0 Å². The van der Waals surface area contributed by atoms with Crippen molar-refractivity contribution in [2.24, 2.45) is 5.92 Å². The second-order valence-electron chi connectivity index (χ2n) is 5.04. The maximum absolute atomic E-state index is 11.9. The SMILES string of the molecule is O=C(CCC1CCNCC1)Cc1ccccc1Cl. The molecule has 0 saturated carbocycles. The van der Waals surface area contributed by atoms with Crippen molar-refractivity contribution in [3.8, 4) is 0 Å². The first-order valence-electron chi connectivity index (χ1n) is 6.71. The van der Waals surface area contributed by atoms with Gasteiger partial charge in [-0.1, -0.05) is 29.8 Å². The molecule has 1 fully saturated rings. The van der Waals surface area contributed by atoms with E-state index in [1.165, 1.54) is 12.8 Å². The minimum atomic E-state index is 0.307. The Balaban J connectivity index is 1.76. The van der Waals surface area contributed by atoms with Crippen LogP contribution in [0.15, 0.2) is 24.3 Å². The molecule has 98 valence electrons. The molecular formula is C15H20ClNO. The van der Waals surface area contributed by atoms with E-state index in [0.29, 0.717) is 23.6 Å². The van der Waals surface area contributed by atoms with Gasteiger partial charge in [-0.05, 0) is 49.9 Å². The van der Waals surface area contributed by atoms with Crippen LogP contribution < -0.4 is 5.32 Å². The summed E-state index contributed by atoms with van der Waals surface area (Å²) >= 11 is 6.06. The Morgan fingerprint density at radius 1 is 1.28 bits per heavy atom. The Bertz CT molecular complexity index is 399. The van der Waals surface area contributed by atoms with Gasteiger partial charge in [-0.25, -0.2) is 0 Å². The largest absolute Gasteiger partial charge is 0.317 e. The molecule has 2 nitrogen and oxygen atoms in total. The number of hydrogen-bond acceptors (Lipinski definition) is 2. The fourth-order valence-corrected chi connectivity index (χ4v) is 2.68. The Kier molecular flexibility index (Phi) is 5.21. The van der Waals surface area contributed by atoms with Gasteiger partial charge in [-0.3, -0.25) is 4.79 Å². The van der Waals surface area contributed by atoms with Crippen LogP contribution in [0.4, 0.5) is 0 Å². The quantitative estimate of drug-likeness (QED) is 0.886. The zero-order valence-corrected chi connectivity index (χ0v) is 11.4. The summed E-state index contributed by atoms with van der Waals surface area (Å²) in [6, 6.07) is 7.61. The second kappa shape index (κ2) is 6.91. The third-order valence-corrected chi connectivity index (χ3v) is 4.00. The predicted molar refractivity (Wildman–Crippen MR) is 75.0 cm³/mol. The molecule has 1 heterocycles. The van der Waals surface area contributed by atoms with E-state index in [4.69, 9.17) is 11.6 Å². The topological polar surface area (TPSA) is 29.1 Å². The highest BCUT2D eigenvalue weighted by Gasteiger charge is 2.15. The van der Waals surface area contributed by atoms with E-state index in [9.17, 15) is 4.79 Å². The molecule has 2 rings (SSSR count). The minimum Gasteiger partial charge on any atom is -0.317 e. The Labute approximate surface area is 114 Å². The number of rotatable bonds is 5. The van der Waals surface area contributed by atoms with E-state index >= 15 is 0 Å². The Hall–Kier alpha value is -0.860. The maximum atomic E-state index is 11.9. The average molecular weight is 266 g/mol. The highest BCUT2D eigenvalue weighted by Crippen LogP contribution is 2.20. The van der Waals surface area contributed by atoms with Gasteiger partial charge < -0.3 is 5.32 Å². The van der Waals surface area contributed by atoms with Crippen LogP contribution in [0, 0.1) is 5.92 Å². The lowest BCUT2D eigenvalue weighted by Crippen LogP contribution is -2.28. The first kappa shape index (κ1) is 13.6. The van der Waals surface area contributed by atoms with E-state index in [0.717, 1.165) is 31.0 Å². The van der Waals surface area contributed by atoms with Gasteiger partial charge in [0.1, 0.15) is 5.78 Å². The predicted octanol–water partition coefficient (Wildman–Crippen LogP) is 3.23. The fraction of sp³-hybridized carbons (Fsp3) is 0.533. The summed E-state index contributed by atoms with van der Waals surface area (Å²) in [5, 5.41) is 4.05. The van der Waals surface area contributed by atoms with Crippen LogP contribution in [0.1, 0.15) is 31.2 Å². The number of hydrogen-bond donors (Lipinski definition) is 1. The number of Topliss-reactive ketones (excluding diaryl/α,β-unsaturated/α-hetero) is 1. The van der Waals surface area contributed by atoms with E-state index < -0.39 is 0 Å². The van der Waals surface area contributed by atoms with Crippen LogP contribution in [-0.4, -0.2) is 18.9 Å². The lowest BCUT2D eigenvalue weighted by molar-refractivity contribution is -0.118. The van der Waals surface area contributed by atoms with Gasteiger partial charge in [0.05, 0.1) is 0 Å². The van der Waals surface area contributed by atoms with Crippen molar-refractivity contribution >= 4 is 17.4 Å². The molecule has 0 aliphatic carbocycles. The molecule has 3 heteroatoms. The molecule has 1 aromatic rings. The molecule has 1 aliphatic heterocycles. The maximum Gasteiger partial charge on any atom is 0.137 e. The zero-order chi connectivity index (χ0) is 12.8. The standard InChI is InChI=1S/C15H20ClNO/c16-15-4-2-1-3-13(15)11-14(18)6-5-12-7-9-17-10-8-12/h1-4,12,17H,5-11H2. The van der Waals surface area contributed by atoms with Gasteiger partial charge in [0.25, 0.3) is 0 Å². The van der Waals surface area contributed by atoms with Gasteiger partial charge >= 0.3 is 0 Å². The van der Waals surface area contributed by atoms with Crippen LogP contribution in [0.25, 0.3) is 0 Å². The summed E-state index contributed by atoms with van der Waals surface area (Å²) in [6.07, 6.45) is 4.62. The molecule has 0 atom stereocenters. The first-order valence-corrected chi connectivity index (χ1v) is 7.09. The highest BCUT2D eigenvalue weighted by molar-refractivity contribution is 6.31. The molecular weight excluding hydrogens is 246 g/mol. The molecule has 0 spiro atoms. The Morgan fingerprint density at radius 2 is 2.00 bits per heavy atom. The third-order valence-electron chi connectivity index (χ3n) is 3.64. The lowest BCUT2D eigenvalue weighted by atomic mass is 9.91. The molecule has 1 N–H and O–H groups in total. The summed E-state index contributed by atoms with van der Waals surface area (Å²) < 4.78 is 0. The third kappa shape index (κ3) is 4.11. The molecule has 0 amide bonds. The molecule has 18 heavy (non-hydrogen) atoms. The zero-order valence-electron chi connectivity index (χ0n) is 10.6. The monoisotopic (exact) mass is 265 g/mol. The summed E-state index contributed by atoms with van der Waals surface area (Å²) in [5.74, 6) is 1.03. The first-order chi connectivity index (χ1) is 8.75. The number of halogens is 1. The van der Waals surface area contributed by atoms with Crippen molar-refractivity contribution in [1.29, 1.82) is 0 Å². The van der Waals surface area contributed by atoms with Crippen molar-refractivity contribution in [1.82, 2.24) is 5.32 Å². The molecule has 0 radical (unpaired) electrons. The molecule has 1 aliphatic rings. The number of piperidine rings is 1. The molecule has 0 unspecified atom stereocenters. The average Bonchev–Trinajstić information content (AvgIpc) is 2.40. The van der Waals surface area contributed by atoms with E-state index in [2.05, 4.69) is 5.32 Å². The molecule has 1 aromatic carbocycles. The van der Waals surface area contributed by atoms with Crippen molar-refractivity contribution in [3.63, 3.8) is 0 Å². The van der Waals surface area contributed by atoms with Gasteiger partial charge in [0.2, 0.25) is 0 Å². The summed E-state index contributed by atoms with van der Waals surface area (Å²) in [7, 11) is 0. The molecule has 1 saturated heterocycles. The van der Waals surface area contributed by atoms with Crippen molar-refractivity contribution in [3.05, 3.63) is 34.9 Å². The molecule has 0 bridgehead atoms. The lowest BCUT2D eigenvalue weighted by Gasteiger charge is -2.22. The smallest absolute Gasteiger partial charge is 0.137 e. The van der Waals surface area contributed by atoms with E-state index in [1.807, 2.05) is 24.3 Å². The second-order valence-corrected chi connectivity index (χ2v) is 5.45. The normalized spacial score (nSPS) is 16.7. The van der Waals surface area contributed by atoms with Crippen LogP contribution in [0.5, 0.6) is 0 Å². The van der Waals surface area contributed by atoms with Crippen LogP contribution in [0.3, 0.4) is 0 Å².